The van der Waals surface area contributed by atoms with E-state index in [2.05, 4.69) is 10.6 Å². The van der Waals surface area contributed by atoms with Crippen LogP contribution in [0.3, 0.4) is 0 Å². The highest BCUT2D eigenvalue weighted by Gasteiger charge is 2.14. The average Bonchev–Trinajstić information content (AvgIpc) is 3.37. The highest BCUT2D eigenvalue weighted by molar-refractivity contribution is 5.99. The van der Waals surface area contributed by atoms with E-state index in [0.717, 1.165) is 5.69 Å². The van der Waals surface area contributed by atoms with Crippen molar-refractivity contribution in [1.29, 1.82) is 0 Å². The summed E-state index contributed by atoms with van der Waals surface area (Å²) in [6, 6.07) is 16.1. The molecule has 136 valence electrons. The predicted octanol–water partition coefficient (Wildman–Crippen LogP) is 2.57. The maximum Gasteiger partial charge on any atom is 0.251 e. The molecule has 3 aromatic rings. The zero-order chi connectivity index (χ0) is 18.6. The highest BCUT2D eigenvalue weighted by Crippen LogP contribution is 2.34. The molecule has 2 N–H and O–H groups in total. The minimum atomic E-state index is -0.328. The summed E-state index contributed by atoms with van der Waals surface area (Å²) in [5.74, 6) is 0.588. The Balaban J connectivity index is 1.31. The van der Waals surface area contributed by atoms with Crippen LogP contribution in [-0.4, -0.2) is 29.7 Å². The summed E-state index contributed by atoms with van der Waals surface area (Å²) < 4.78 is 12.4. The number of rotatable bonds is 5. The minimum absolute atomic E-state index is 0.132. The lowest BCUT2D eigenvalue weighted by atomic mass is 10.2. The third-order valence-electron chi connectivity index (χ3n) is 4.10. The number of amides is 2. The number of anilines is 1. The molecule has 0 saturated carbocycles. The van der Waals surface area contributed by atoms with E-state index in [-0.39, 0.29) is 25.2 Å². The van der Waals surface area contributed by atoms with Crippen molar-refractivity contribution in [2.45, 2.75) is 0 Å². The average molecular weight is 363 g/mol. The summed E-state index contributed by atoms with van der Waals surface area (Å²) in [6.45, 7) is 0.0402. The number of ether oxygens (including phenoxy) is 2. The molecule has 27 heavy (non-hydrogen) atoms. The van der Waals surface area contributed by atoms with Crippen molar-refractivity contribution in [2.24, 2.45) is 0 Å². The van der Waals surface area contributed by atoms with Crippen molar-refractivity contribution < 1.29 is 19.1 Å². The van der Waals surface area contributed by atoms with Crippen LogP contribution in [-0.2, 0) is 4.79 Å². The minimum Gasteiger partial charge on any atom is -0.454 e. The van der Waals surface area contributed by atoms with Crippen LogP contribution in [0.1, 0.15) is 10.4 Å². The molecule has 1 aliphatic heterocycles. The molecule has 0 aliphatic carbocycles. The van der Waals surface area contributed by atoms with Crippen molar-refractivity contribution in [1.82, 2.24) is 9.88 Å². The van der Waals surface area contributed by atoms with Crippen molar-refractivity contribution in [3.63, 3.8) is 0 Å². The van der Waals surface area contributed by atoms with Crippen molar-refractivity contribution in [3.8, 4) is 17.2 Å². The lowest BCUT2D eigenvalue weighted by molar-refractivity contribution is -0.115. The second-order valence-electron chi connectivity index (χ2n) is 5.94. The van der Waals surface area contributed by atoms with Crippen molar-refractivity contribution >= 4 is 17.5 Å². The smallest absolute Gasteiger partial charge is 0.251 e. The molecule has 1 aliphatic rings. The van der Waals surface area contributed by atoms with Gasteiger partial charge in [0.1, 0.15) is 0 Å². The van der Waals surface area contributed by atoms with Crippen LogP contribution in [0, 0.1) is 0 Å². The standard InChI is InChI=1S/C20H17N3O4/c24-19(22-15-5-8-17-18(11-15)27-13-26-17)12-21-20(25)14-3-6-16(7-4-14)23-9-1-2-10-23/h1-11H,12-13H2,(H,21,25)(H,22,24). The molecule has 4 rings (SSSR count). The molecule has 0 saturated heterocycles. The number of nitrogens with zero attached hydrogens (tertiary/aromatic N) is 1. The molecular weight excluding hydrogens is 346 g/mol. The molecule has 0 radical (unpaired) electrons. The van der Waals surface area contributed by atoms with Gasteiger partial charge in [-0.1, -0.05) is 0 Å². The molecule has 2 amide bonds. The van der Waals surface area contributed by atoms with E-state index < -0.39 is 0 Å². The van der Waals surface area contributed by atoms with Gasteiger partial charge in [-0.05, 0) is 48.5 Å². The first kappa shape index (κ1) is 16.7. The fourth-order valence-corrected chi connectivity index (χ4v) is 2.73. The predicted molar refractivity (Wildman–Crippen MR) is 99.3 cm³/mol. The third-order valence-corrected chi connectivity index (χ3v) is 4.10. The maximum atomic E-state index is 12.2. The van der Waals surface area contributed by atoms with Crippen LogP contribution in [0.2, 0.25) is 0 Å². The number of carbonyl (C=O) groups is 2. The zero-order valence-electron chi connectivity index (χ0n) is 14.3. The van der Waals surface area contributed by atoms with Gasteiger partial charge in [0.15, 0.2) is 11.5 Å². The number of fused-ring (bicyclic) bond motifs is 1. The number of aromatic nitrogens is 1. The van der Waals surface area contributed by atoms with E-state index >= 15 is 0 Å². The first-order valence-corrected chi connectivity index (χ1v) is 8.40. The van der Waals surface area contributed by atoms with Gasteiger partial charge in [0.2, 0.25) is 12.7 Å². The third kappa shape index (κ3) is 3.77. The van der Waals surface area contributed by atoms with Crippen LogP contribution >= 0.6 is 0 Å². The maximum absolute atomic E-state index is 12.2. The Kier molecular flexibility index (Phi) is 4.49. The zero-order valence-corrected chi connectivity index (χ0v) is 14.3. The molecule has 0 fully saturated rings. The largest absolute Gasteiger partial charge is 0.454 e. The molecule has 0 unspecified atom stereocenters. The molecule has 0 atom stereocenters. The first-order chi connectivity index (χ1) is 13.2. The fourth-order valence-electron chi connectivity index (χ4n) is 2.73. The van der Waals surface area contributed by atoms with E-state index in [1.54, 1.807) is 30.3 Å². The van der Waals surface area contributed by atoms with E-state index in [1.165, 1.54) is 0 Å². The number of hydrogen-bond acceptors (Lipinski definition) is 4. The molecule has 2 aromatic carbocycles. The Bertz CT molecular complexity index is 965. The van der Waals surface area contributed by atoms with Crippen LogP contribution in [0.25, 0.3) is 5.69 Å². The Morgan fingerprint density at radius 1 is 0.963 bits per heavy atom. The Morgan fingerprint density at radius 2 is 1.70 bits per heavy atom. The number of carbonyl (C=O) groups excluding carboxylic acids is 2. The van der Waals surface area contributed by atoms with Gasteiger partial charge in [0, 0.05) is 35.4 Å². The lowest BCUT2D eigenvalue weighted by Crippen LogP contribution is -2.32. The lowest BCUT2D eigenvalue weighted by Gasteiger charge is -2.08. The second kappa shape index (κ2) is 7.25. The highest BCUT2D eigenvalue weighted by atomic mass is 16.7. The van der Waals surface area contributed by atoms with Crippen molar-refractivity contribution in [3.05, 3.63) is 72.6 Å². The topological polar surface area (TPSA) is 81.6 Å². The van der Waals surface area contributed by atoms with Gasteiger partial charge >= 0.3 is 0 Å². The monoisotopic (exact) mass is 363 g/mol. The second-order valence-corrected chi connectivity index (χ2v) is 5.94. The van der Waals surface area contributed by atoms with Crippen molar-refractivity contribution in [2.75, 3.05) is 18.7 Å². The van der Waals surface area contributed by atoms with Gasteiger partial charge < -0.3 is 24.7 Å². The Hall–Kier alpha value is -3.74. The van der Waals surface area contributed by atoms with E-state index in [1.807, 2.05) is 41.2 Å². The molecule has 1 aromatic heterocycles. The number of nitrogens with one attached hydrogen (secondary N) is 2. The van der Waals surface area contributed by atoms with Gasteiger partial charge in [0.05, 0.1) is 6.54 Å². The Morgan fingerprint density at radius 3 is 2.48 bits per heavy atom. The fraction of sp³-hybridized carbons (Fsp3) is 0.100. The van der Waals surface area contributed by atoms with Crippen LogP contribution in [0.15, 0.2) is 67.0 Å². The molecule has 0 spiro atoms. The van der Waals surface area contributed by atoms with Gasteiger partial charge in [-0.15, -0.1) is 0 Å². The number of benzene rings is 2. The SMILES string of the molecule is O=C(CNC(=O)c1ccc(-n2cccc2)cc1)Nc1ccc2c(c1)OCO2. The molecular formula is C20H17N3O4. The molecule has 0 bridgehead atoms. The van der Waals surface area contributed by atoms with E-state index in [9.17, 15) is 9.59 Å². The van der Waals surface area contributed by atoms with E-state index in [4.69, 9.17) is 9.47 Å². The normalized spacial score (nSPS) is 11.9. The summed E-state index contributed by atoms with van der Waals surface area (Å²) in [7, 11) is 0. The summed E-state index contributed by atoms with van der Waals surface area (Å²) in [5.41, 5.74) is 2.02. The van der Waals surface area contributed by atoms with Gasteiger partial charge in [-0.3, -0.25) is 9.59 Å². The molecule has 7 nitrogen and oxygen atoms in total. The van der Waals surface area contributed by atoms with Gasteiger partial charge in [-0.2, -0.15) is 0 Å². The summed E-state index contributed by atoms with van der Waals surface area (Å²) in [6.07, 6.45) is 3.85. The summed E-state index contributed by atoms with van der Waals surface area (Å²) in [4.78, 5) is 24.3. The first-order valence-electron chi connectivity index (χ1n) is 8.40. The quantitative estimate of drug-likeness (QED) is 0.730. The Labute approximate surface area is 155 Å². The van der Waals surface area contributed by atoms with Gasteiger partial charge in [-0.25, -0.2) is 0 Å². The van der Waals surface area contributed by atoms with Crippen LogP contribution in [0.4, 0.5) is 5.69 Å². The summed E-state index contributed by atoms with van der Waals surface area (Å²) >= 11 is 0. The summed E-state index contributed by atoms with van der Waals surface area (Å²) in [5, 5.41) is 5.33. The van der Waals surface area contributed by atoms with Crippen LogP contribution in [0.5, 0.6) is 11.5 Å². The number of hydrogen-bond donors (Lipinski definition) is 2. The van der Waals surface area contributed by atoms with Gasteiger partial charge in [0.25, 0.3) is 5.91 Å². The molecule has 2 heterocycles. The van der Waals surface area contributed by atoms with E-state index in [0.29, 0.717) is 22.7 Å². The van der Waals surface area contributed by atoms with Crippen LogP contribution < -0.4 is 20.1 Å². The molecule has 7 heteroatoms.